The maximum Gasteiger partial charge on any atom is 0.118 e. The lowest BCUT2D eigenvalue weighted by molar-refractivity contribution is 0.415. The molecule has 1 N–H and O–H groups in total. The van der Waals surface area contributed by atoms with Crippen LogP contribution in [-0.4, -0.2) is 7.11 Å². The van der Waals surface area contributed by atoms with Gasteiger partial charge in [-0.2, -0.15) is 0 Å². The maximum atomic E-state index is 5.32. The molecule has 0 radical (unpaired) electrons. The molecule has 0 aromatic heterocycles. The SMILES string of the molecule is COc1ccc(C2=CC(c3ccc(C(C)C)cc3)NN2c2ccccc2)cc1. The molecule has 0 amide bonds. The number of anilines is 1. The highest BCUT2D eigenvalue weighted by Gasteiger charge is 2.26. The molecule has 142 valence electrons. The summed E-state index contributed by atoms with van der Waals surface area (Å²) in [5.74, 6) is 1.40. The Balaban J connectivity index is 1.70. The fourth-order valence-corrected chi connectivity index (χ4v) is 3.52. The number of ether oxygens (including phenoxy) is 1. The predicted octanol–water partition coefficient (Wildman–Crippen LogP) is 5.93. The summed E-state index contributed by atoms with van der Waals surface area (Å²) in [6, 6.07) is 27.7. The Bertz CT molecular complexity index is 944. The van der Waals surface area contributed by atoms with Gasteiger partial charge in [0.1, 0.15) is 5.75 Å². The van der Waals surface area contributed by atoms with Crippen LogP contribution in [0.25, 0.3) is 5.70 Å². The average Bonchev–Trinajstić information content (AvgIpc) is 3.20. The second kappa shape index (κ2) is 7.91. The Morgan fingerprint density at radius 2 is 1.54 bits per heavy atom. The fourth-order valence-electron chi connectivity index (χ4n) is 3.52. The van der Waals surface area contributed by atoms with Crippen LogP contribution < -0.4 is 15.2 Å². The number of hydrazine groups is 1. The zero-order valence-electron chi connectivity index (χ0n) is 16.6. The number of methoxy groups -OCH3 is 1. The highest BCUT2D eigenvalue weighted by molar-refractivity contribution is 5.81. The van der Waals surface area contributed by atoms with E-state index in [1.807, 2.05) is 18.2 Å². The lowest BCUT2D eigenvalue weighted by atomic mass is 9.99. The van der Waals surface area contributed by atoms with E-state index >= 15 is 0 Å². The number of para-hydroxylation sites is 1. The van der Waals surface area contributed by atoms with Gasteiger partial charge in [-0.3, -0.25) is 5.01 Å². The van der Waals surface area contributed by atoms with Crippen molar-refractivity contribution in [2.45, 2.75) is 25.8 Å². The molecule has 0 saturated heterocycles. The molecule has 1 aliphatic heterocycles. The minimum Gasteiger partial charge on any atom is -0.497 e. The minimum atomic E-state index is 0.124. The Hall–Kier alpha value is -3.04. The molecule has 3 aromatic carbocycles. The summed E-state index contributed by atoms with van der Waals surface area (Å²) in [7, 11) is 1.69. The largest absolute Gasteiger partial charge is 0.497 e. The van der Waals surface area contributed by atoms with Crippen molar-refractivity contribution in [1.82, 2.24) is 5.43 Å². The fraction of sp³-hybridized carbons (Fsp3) is 0.200. The van der Waals surface area contributed by atoms with Gasteiger partial charge in [-0.25, -0.2) is 5.43 Å². The van der Waals surface area contributed by atoms with Crippen molar-refractivity contribution in [3.05, 3.63) is 102 Å². The van der Waals surface area contributed by atoms with E-state index in [1.165, 1.54) is 11.1 Å². The highest BCUT2D eigenvalue weighted by Crippen LogP contribution is 2.35. The second-order valence-corrected chi connectivity index (χ2v) is 7.38. The normalized spacial score (nSPS) is 16.4. The van der Waals surface area contributed by atoms with Gasteiger partial charge in [-0.05, 0) is 65.1 Å². The summed E-state index contributed by atoms with van der Waals surface area (Å²) in [5, 5.41) is 2.17. The first-order valence-corrected chi connectivity index (χ1v) is 9.73. The van der Waals surface area contributed by atoms with Crippen LogP contribution in [0.5, 0.6) is 5.75 Å². The molecule has 3 aromatic rings. The van der Waals surface area contributed by atoms with Gasteiger partial charge in [-0.15, -0.1) is 0 Å². The third-order valence-corrected chi connectivity index (χ3v) is 5.20. The van der Waals surface area contributed by atoms with Crippen LogP contribution in [0.1, 0.15) is 42.5 Å². The number of benzene rings is 3. The zero-order valence-corrected chi connectivity index (χ0v) is 16.6. The van der Waals surface area contributed by atoms with Gasteiger partial charge < -0.3 is 4.74 Å². The summed E-state index contributed by atoms with van der Waals surface area (Å²) in [6.07, 6.45) is 2.29. The van der Waals surface area contributed by atoms with Crippen LogP contribution in [0.3, 0.4) is 0 Å². The van der Waals surface area contributed by atoms with E-state index in [2.05, 4.69) is 91.0 Å². The number of nitrogens with one attached hydrogen (secondary N) is 1. The van der Waals surface area contributed by atoms with Crippen molar-refractivity contribution in [2.75, 3.05) is 12.1 Å². The van der Waals surface area contributed by atoms with E-state index in [1.54, 1.807) is 7.11 Å². The number of rotatable bonds is 5. The zero-order chi connectivity index (χ0) is 19.5. The first-order chi connectivity index (χ1) is 13.7. The quantitative estimate of drug-likeness (QED) is 0.603. The van der Waals surface area contributed by atoms with Crippen LogP contribution in [0.4, 0.5) is 5.69 Å². The number of hydrogen-bond acceptors (Lipinski definition) is 3. The van der Waals surface area contributed by atoms with Gasteiger partial charge >= 0.3 is 0 Å². The molecule has 1 aliphatic rings. The van der Waals surface area contributed by atoms with Gasteiger partial charge in [0.25, 0.3) is 0 Å². The topological polar surface area (TPSA) is 24.5 Å². The molecule has 3 nitrogen and oxygen atoms in total. The standard InChI is InChI=1S/C25H26N2O/c1-18(2)19-9-11-20(12-10-19)24-17-25(21-13-15-23(28-3)16-14-21)27(26-24)22-7-5-4-6-8-22/h4-18,24,26H,1-3H3. The van der Waals surface area contributed by atoms with Crippen molar-refractivity contribution in [2.24, 2.45) is 0 Å². The van der Waals surface area contributed by atoms with E-state index < -0.39 is 0 Å². The molecule has 3 heteroatoms. The lowest BCUT2D eigenvalue weighted by Crippen LogP contribution is -2.33. The van der Waals surface area contributed by atoms with Crippen LogP contribution in [-0.2, 0) is 0 Å². The van der Waals surface area contributed by atoms with Crippen LogP contribution in [0.2, 0.25) is 0 Å². The molecule has 1 atom stereocenters. The molecule has 1 unspecified atom stereocenters. The van der Waals surface area contributed by atoms with E-state index in [0.29, 0.717) is 5.92 Å². The highest BCUT2D eigenvalue weighted by atomic mass is 16.5. The third-order valence-electron chi connectivity index (χ3n) is 5.20. The Morgan fingerprint density at radius 1 is 0.857 bits per heavy atom. The lowest BCUT2D eigenvalue weighted by Gasteiger charge is -2.24. The molecule has 0 aliphatic carbocycles. The van der Waals surface area contributed by atoms with E-state index in [4.69, 9.17) is 4.74 Å². The molecule has 0 saturated carbocycles. The smallest absolute Gasteiger partial charge is 0.118 e. The van der Waals surface area contributed by atoms with Crippen molar-refractivity contribution in [3.63, 3.8) is 0 Å². The monoisotopic (exact) mass is 370 g/mol. The summed E-state index contributed by atoms with van der Waals surface area (Å²) in [6.45, 7) is 4.45. The number of nitrogens with zero attached hydrogens (tertiary/aromatic N) is 1. The van der Waals surface area contributed by atoms with Gasteiger partial charge in [0.2, 0.25) is 0 Å². The van der Waals surface area contributed by atoms with E-state index in [9.17, 15) is 0 Å². The van der Waals surface area contributed by atoms with Gasteiger partial charge in [0.05, 0.1) is 24.5 Å². The maximum absolute atomic E-state index is 5.32. The van der Waals surface area contributed by atoms with Gasteiger partial charge in [0.15, 0.2) is 0 Å². The van der Waals surface area contributed by atoms with Crippen molar-refractivity contribution >= 4 is 11.4 Å². The summed E-state index contributed by atoms with van der Waals surface area (Å²) in [5.41, 5.74) is 9.69. The predicted molar refractivity (Wildman–Crippen MR) is 116 cm³/mol. The van der Waals surface area contributed by atoms with Gasteiger partial charge in [0, 0.05) is 0 Å². The molecule has 28 heavy (non-hydrogen) atoms. The number of hydrogen-bond donors (Lipinski definition) is 1. The summed E-state index contributed by atoms with van der Waals surface area (Å²) in [4.78, 5) is 0. The molecule has 4 rings (SSSR count). The van der Waals surface area contributed by atoms with Crippen LogP contribution in [0.15, 0.2) is 84.9 Å². The molecular weight excluding hydrogens is 344 g/mol. The summed E-state index contributed by atoms with van der Waals surface area (Å²) >= 11 is 0. The first-order valence-electron chi connectivity index (χ1n) is 9.73. The third kappa shape index (κ3) is 3.67. The van der Waals surface area contributed by atoms with Crippen molar-refractivity contribution in [1.29, 1.82) is 0 Å². The first kappa shape index (κ1) is 18.3. The van der Waals surface area contributed by atoms with Crippen LogP contribution >= 0.6 is 0 Å². The molecule has 0 bridgehead atoms. The Labute approximate surface area is 167 Å². The van der Waals surface area contributed by atoms with E-state index in [-0.39, 0.29) is 6.04 Å². The molecule has 0 spiro atoms. The van der Waals surface area contributed by atoms with Crippen molar-refractivity contribution < 1.29 is 4.74 Å². The molecule has 0 fully saturated rings. The Kier molecular flexibility index (Phi) is 5.18. The van der Waals surface area contributed by atoms with Gasteiger partial charge in [-0.1, -0.05) is 56.3 Å². The minimum absolute atomic E-state index is 0.124. The van der Waals surface area contributed by atoms with Crippen LogP contribution in [0, 0.1) is 0 Å². The molecule has 1 heterocycles. The Morgan fingerprint density at radius 3 is 2.14 bits per heavy atom. The summed E-state index contributed by atoms with van der Waals surface area (Å²) < 4.78 is 5.32. The average molecular weight is 370 g/mol. The van der Waals surface area contributed by atoms with Crippen molar-refractivity contribution in [3.8, 4) is 5.75 Å². The van der Waals surface area contributed by atoms with E-state index in [0.717, 1.165) is 22.7 Å². The molecular formula is C25H26N2O. The second-order valence-electron chi connectivity index (χ2n) is 7.38.